The average molecular weight is 363 g/mol. The molecule has 0 saturated carbocycles. The van der Waals surface area contributed by atoms with Crippen LogP contribution in [0.25, 0.3) is 22.6 Å². The molecule has 0 unspecified atom stereocenters. The van der Waals surface area contributed by atoms with Crippen molar-refractivity contribution in [2.24, 2.45) is 0 Å². The molecule has 27 heavy (non-hydrogen) atoms. The molecule has 0 bridgehead atoms. The van der Waals surface area contributed by atoms with E-state index in [0.717, 1.165) is 66.5 Å². The monoisotopic (exact) mass is 363 g/mol. The van der Waals surface area contributed by atoms with Gasteiger partial charge in [0.25, 0.3) is 0 Å². The zero-order chi connectivity index (χ0) is 18.2. The Morgan fingerprint density at radius 3 is 2.93 bits per heavy atom. The Labute approximate surface area is 156 Å². The van der Waals surface area contributed by atoms with Gasteiger partial charge in [-0.3, -0.25) is 4.90 Å². The van der Waals surface area contributed by atoms with Gasteiger partial charge in [0.1, 0.15) is 17.5 Å². The molecule has 1 atom stereocenters. The molecule has 3 aromatic heterocycles. The summed E-state index contributed by atoms with van der Waals surface area (Å²) in [5.74, 6) is 2.63. The van der Waals surface area contributed by atoms with Crippen LogP contribution in [-0.2, 0) is 6.54 Å². The predicted octanol–water partition coefficient (Wildman–Crippen LogP) is 4.76. The zero-order valence-electron chi connectivity index (χ0n) is 15.2. The summed E-state index contributed by atoms with van der Waals surface area (Å²) in [6, 6.07) is 9.81. The molecule has 1 fully saturated rings. The van der Waals surface area contributed by atoms with Gasteiger partial charge >= 0.3 is 0 Å². The first-order chi connectivity index (χ1) is 13.3. The van der Waals surface area contributed by atoms with Gasteiger partial charge in [0.2, 0.25) is 5.89 Å². The minimum atomic E-state index is 0.312. The fourth-order valence-corrected chi connectivity index (χ4v) is 3.76. The third-order valence-electron chi connectivity index (χ3n) is 5.20. The Bertz CT molecular complexity index is 1010. The van der Waals surface area contributed by atoms with Crippen molar-refractivity contribution in [1.82, 2.24) is 14.9 Å². The molecule has 6 nitrogen and oxygen atoms in total. The number of hydrogen-bond donors (Lipinski definition) is 0. The summed E-state index contributed by atoms with van der Waals surface area (Å²) in [6.45, 7) is 4.70. The van der Waals surface area contributed by atoms with E-state index in [1.807, 2.05) is 37.3 Å². The minimum Gasteiger partial charge on any atom is -0.472 e. The fourth-order valence-electron chi connectivity index (χ4n) is 3.76. The molecular formula is C21H21N3O3. The number of furan rings is 1. The normalized spacial score (nSPS) is 18.3. The number of nitrogens with zero attached hydrogens (tertiary/aromatic N) is 3. The number of rotatable bonds is 4. The first-order valence-electron chi connectivity index (χ1n) is 9.33. The van der Waals surface area contributed by atoms with E-state index in [0.29, 0.717) is 11.8 Å². The van der Waals surface area contributed by atoms with E-state index in [4.69, 9.17) is 18.2 Å². The number of fused-ring (bicyclic) bond motifs is 1. The molecule has 0 aliphatic carbocycles. The summed E-state index contributed by atoms with van der Waals surface area (Å²) in [7, 11) is 0. The molecule has 4 heterocycles. The summed E-state index contributed by atoms with van der Waals surface area (Å²) in [4.78, 5) is 11.8. The maximum atomic E-state index is 6.00. The Hall–Kier alpha value is -2.86. The third kappa shape index (κ3) is 3.17. The third-order valence-corrected chi connectivity index (χ3v) is 5.20. The molecule has 1 aromatic carbocycles. The molecular weight excluding hydrogens is 342 g/mol. The van der Waals surface area contributed by atoms with Crippen LogP contribution in [0.15, 0.2) is 56.1 Å². The van der Waals surface area contributed by atoms with Crippen molar-refractivity contribution in [3.05, 3.63) is 60.2 Å². The van der Waals surface area contributed by atoms with Gasteiger partial charge in [0.05, 0.1) is 17.5 Å². The Kier molecular flexibility index (Phi) is 4.05. The SMILES string of the molecule is Cc1oc(-c2ccoc2)nc1CN1CCC[C@@H](c2nc3ccccc3o2)C1. The van der Waals surface area contributed by atoms with Crippen molar-refractivity contribution in [1.29, 1.82) is 0 Å². The summed E-state index contributed by atoms with van der Waals surface area (Å²) >= 11 is 0. The number of aromatic nitrogens is 2. The van der Waals surface area contributed by atoms with Gasteiger partial charge in [-0.2, -0.15) is 0 Å². The predicted molar refractivity (Wildman–Crippen MR) is 100 cm³/mol. The van der Waals surface area contributed by atoms with E-state index in [-0.39, 0.29) is 0 Å². The van der Waals surface area contributed by atoms with E-state index >= 15 is 0 Å². The number of hydrogen-bond acceptors (Lipinski definition) is 6. The number of benzene rings is 1. The lowest BCUT2D eigenvalue weighted by molar-refractivity contribution is 0.185. The molecule has 1 aliphatic heterocycles. The first-order valence-corrected chi connectivity index (χ1v) is 9.33. The van der Waals surface area contributed by atoms with Crippen molar-refractivity contribution in [2.45, 2.75) is 32.2 Å². The second-order valence-electron chi connectivity index (χ2n) is 7.13. The van der Waals surface area contributed by atoms with Crippen molar-refractivity contribution in [3.8, 4) is 11.5 Å². The lowest BCUT2D eigenvalue weighted by Gasteiger charge is -2.30. The second-order valence-corrected chi connectivity index (χ2v) is 7.13. The number of likely N-dealkylation sites (tertiary alicyclic amines) is 1. The van der Waals surface area contributed by atoms with Gasteiger partial charge in [-0.05, 0) is 44.5 Å². The summed E-state index contributed by atoms with van der Waals surface area (Å²) in [5, 5.41) is 0. The first kappa shape index (κ1) is 16.3. The highest BCUT2D eigenvalue weighted by molar-refractivity contribution is 5.72. The molecule has 0 amide bonds. The van der Waals surface area contributed by atoms with Gasteiger partial charge < -0.3 is 13.3 Å². The number of para-hydroxylation sites is 2. The maximum Gasteiger partial charge on any atom is 0.229 e. The Balaban J connectivity index is 1.33. The van der Waals surface area contributed by atoms with Gasteiger partial charge in [0.15, 0.2) is 11.5 Å². The maximum absolute atomic E-state index is 6.00. The molecule has 0 spiro atoms. The van der Waals surface area contributed by atoms with Gasteiger partial charge in [-0.1, -0.05) is 12.1 Å². The van der Waals surface area contributed by atoms with E-state index < -0.39 is 0 Å². The van der Waals surface area contributed by atoms with Crippen LogP contribution in [0.2, 0.25) is 0 Å². The van der Waals surface area contributed by atoms with E-state index in [1.165, 1.54) is 0 Å². The Morgan fingerprint density at radius 2 is 2.07 bits per heavy atom. The topological polar surface area (TPSA) is 68.4 Å². The van der Waals surface area contributed by atoms with Crippen LogP contribution in [0, 0.1) is 6.92 Å². The smallest absolute Gasteiger partial charge is 0.229 e. The lowest BCUT2D eigenvalue weighted by Crippen LogP contribution is -2.34. The van der Waals surface area contributed by atoms with Crippen molar-refractivity contribution < 1.29 is 13.3 Å². The number of piperidine rings is 1. The van der Waals surface area contributed by atoms with E-state index in [2.05, 4.69) is 9.88 Å². The van der Waals surface area contributed by atoms with Crippen molar-refractivity contribution in [2.75, 3.05) is 13.1 Å². The highest BCUT2D eigenvalue weighted by atomic mass is 16.4. The molecule has 4 aromatic rings. The molecule has 5 rings (SSSR count). The van der Waals surface area contributed by atoms with Crippen LogP contribution < -0.4 is 0 Å². The van der Waals surface area contributed by atoms with Crippen LogP contribution in [0.4, 0.5) is 0 Å². The molecule has 6 heteroatoms. The van der Waals surface area contributed by atoms with Gasteiger partial charge in [-0.25, -0.2) is 9.97 Å². The number of aryl methyl sites for hydroxylation is 1. The van der Waals surface area contributed by atoms with Crippen LogP contribution in [0.3, 0.4) is 0 Å². The van der Waals surface area contributed by atoms with Crippen molar-refractivity contribution in [3.63, 3.8) is 0 Å². The minimum absolute atomic E-state index is 0.312. The lowest BCUT2D eigenvalue weighted by atomic mass is 9.98. The standard InChI is InChI=1S/C21H21N3O3/c1-14-18(23-21(26-14)16-8-10-25-13-16)12-24-9-4-5-15(11-24)20-22-17-6-2-3-7-19(17)27-20/h2-3,6-8,10,13,15H,4-5,9,11-12H2,1H3/t15-/m1/s1. The van der Waals surface area contributed by atoms with Crippen LogP contribution in [0.1, 0.15) is 36.1 Å². The molecule has 138 valence electrons. The largest absolute Gasteiger partial charge is 0.472 e. The van der Waals surface area contributed by atoms with Crippen LogP contribution in [-0.4, -0.2) is 28.0 Å². The molecule has 0 radical (unpaired) electrons. The summed E-state index contributed by atoms with van der Waals surface area (Å²) < 4.78 is 17.0. The van der Waals surface area contributed by atoms with E-state index in [9.17, 15) is 0 Å². The van der Waals surface area contributed by atoms with Crippen LogP contribution >= 0.6 is 0 Å². The number of oxazole rings is 2. The van der Waals surface area contributed by atoms with Gasteiger partial charge in [-0.15, -0.1) is 0 Å². The van der Waals surface area contributed by atoms with Crippen molar-refractivity contribution >= 4 is 11.1 Å². The van der Waals surface area contributed by atoms with Crippen LogP contribution in [0.5, 0.6) is 0 Å². The Morgan fingerprint density at radius 1 is 1.15 bits per heavy atom. The van der Waals surface area contributed by atoms with Gasteiger partial charge in [0, 0.05) is 19.0 Å². The zero-order valence-corrected chi connectivity index (χ0v) is 15.2. The summed E-state index contributed by atoms with van der Waals surface area (Å²) in [5.41, 5.74) is 3.64. The molecule has 1 saturated heterocycles. The van der Waals surface area contributed by atoms with E-state index in [1.54, 1.807) is 12.5 Å². The fraction of sp³-hybridized carbons (Fsp3) is 0.333. The highest BCUT2D eigenvalue weighted by Crippen LogP contribution is 2.30. The highest BCUT2D eigenvalue weighted by Gasteiger charge is 2.26. The molecule has 1 aliphatic rings. The average Bonchev–Trinajstić information content (AvgIpc) is 3.42. The quantitative estimate of drug-likeness (QED) is 0.520. The second kappa shape index (κ2) is 6.70. The molecule has 0 N–H and O–H groups in total. The summed E-state index contributed by atoms with van der Waals surface area (Å²) in [6.07, 6.45) is 5.50.